The number of hydrogen-bond acceptors (Lipinski definition) is 3. The van der Waals surface area contributed by atoms with Gasteiger partial charge in [0.1, 0.15) is 5.76 Å². The first-order valence-corrected chi connectivity index (χ1v) is 5.99. The van der Waals surface area contributed by atoms with Gasteiger partial charge in [0.05, 0.1) is 5.69 Å². The van der Waals surface area contributed by atoms with Crippen LogP contribution in [0.25, 0.3) is 11.5 Å². The average molecular weight is 228 g/mol. The van der Waals surface area contributed by atoms with Gasteiger partial charge < -0.3 is 9.73 Å². The molecule has 0 aliphatic carbocycles. The van der Waals surface area contributed by atoms with E-state index in [0.29, 0.717) is 5.92 Å². The van der Waals surface area contributed by atoms with Gasteiger partial charge in [0.25, 0.3) is 0 Å². The molecule has 3 heteroatoms. The van der Waals surface area contributed by atoms with E-state index in [2.05, 4.69) is 29.4 Å². The van der Waals surface area contributed by atoms with E-state index in [9.17, 15) is 0 Å². The minimum Gasteiger partial charge on any atom is -0.441 e. The fraction of sp³-hybridized carbons (Fsp3) is 0.357. The van der Waals surface area contributed by atoms with Crippen molar-refractivity contribution in [3.8, 4) is 11.5 Å². The molecule has 2 aromatic rings. The lowest BCUT2D eigenvalue weighted by atomic mass is 9.98. The number of aryl methyl sites for hydroxylation is 2. The zero-order valence-corrected chi connectivity index (χ0v) is 10.2. The highest BCUT2D eigenvalue weighted by Crippen LogP contribution is 2.28. The SMILES string of the molecule is Cc1cccc(-c2nc(C3CNC3)c(C)o2)c1. The van der Waals surface area contributed by atoms with Crippen molar-refractivity contribution in [3.05, 3.63) is 41.3 Å². The molecular weight excluding hydrogens is 212 g/mol. The van der Waals surface area contributed by atoms with Crippen molar-refractivity contribution < 1.29 is 4.42 Å². The van der Waals surface area contributed by atoms with Crippen molar-refractivity contribution in [3.63, 3.8) is 0 Å². The molecule has 1 aliphatic rings. The highest BCUT2D eigenvalue weighted by molar-refractivity contribution is 5.55. The Morgan fingerprint density at radius 1 is 1.29 bits per heavy atom. The van der Waals surface area contributed by atoms with Crippen molar-refractivity contribution in [2.24, 2.45) is 0 Å². The number of rotatable bonds is 2. The van der Waals surface area contributed by atoms with Gasteiger partial charge in [0.15, 0.2) is 0 Å². The number of hydrogen-bond donors (Lipinski definition) is 1. The number of nitrogens with one attached hydrogen (secondary N) is 1. The summed E-state index contributed by atoms with van der Waals surface area (Å²) in [6.45, 7) is 6.11. The molecule has 1 aromatic carbocycles. The number of nitrogens with zero attached hydrogens (tertiary/aromatic N) is 1. The molecule has 0 atom stereocenters. The second kappa shape index (κ2) is 4.00. The largest absolute Gasteiger partial charge is 0.441 e. The molecular formula is C14H16N2O. The van der Waals surface area contributed by atoms with Crippen molar-refractivity contribution in [2.75, 3.05) is 13.1 Å². The molecule has 3 rings (SSSR count). The van der Waals surface area contributed by atoms with Crippen molar-refractivity contribution in [1.29, 1.82) is 0 Å². The van der Waals surface area contributed by atoms with Crippen LogP contribution in [0, 0.1) is 13.8 Å². The number of aromatic nitrogens is 1. The van der Waals surface area contributed by atoms with E-state index >= 15 is 0 Å². The molecule has 0 unspecified atom stereocenters. The molecule has 3 nitrogen and oxygen atoms in total. The summed E-state index contributed by atoms with van der Waals surface area (Å²) in [7, 11) is 0. The predicted octanol–water partition coefficient (Wildman–Crippen LogP) is 2.65. The van der Waals surface area contributed by atoms with Crippen molar-refractivity contribution in [2.45, 2.75) is 19.8 Å². The van der Waals surface area contributed by atoms with Crippen LogP contribution in [0.1, 0.15) is 22.9 Å². The van der Waals surface area contributed by atoms with E-state index in [1.165, 1.54) is 5.56 Å². The van der Waals surface area contributed by atoms with Crippen LogP contribution in [0.5, 0.6) is 0 Å². The quantitative estimate of drug-likeness (QED) is 0.858. The van der Waals surface area contributed by atoms with Crippen LogP contribution in [0.2, 0.25) is 0 Å². The van der Waals surface area contributed by atoms with Crippen LogP contribution in [0.3, 0.4) is 0 Å². The van der Waals surface area contributed by atoms with Gasteiger partial charge in [0.2, 0.25) is 5.89 Å². The summed E-state index contributed by atoms with van der Waals surface area (Å²) >= 11 is 0. The maximum Gasteiger partial charge on any atom is 0.226 e. The molecule has 88 valence electrons. The van der Waals surface area contributed by atoms with Gasteiger partial charge in [-0.05, 0) is 26.0 Å². The summed E-state index contributed by atoms with van der Waals surface area (Å²) in [5, 5.41) is 3.26. The topological polar surface area (TPSA) is 38.1 Å². The summed E-state index contributed by atoms with van der Waals surface area (Å²) in [5.41, 5.74) is 3.40. The zero-order chi connectivity index (χ0) is 11.8. The normalized spacial score (nSPS) is 15.9. The molecule has 1 N–H and O–H groups in total. The smallest absolute Gasteiger partial charge is 0.226 e. The highest BCUT2D eigenvalue weighted by Gasteiger charge is 2.25. The molecule has 2 heterocycles. The number of benzene rings is 1. The Kier molecular flexibility index (Phi) is 2.48. The summed E-state index contributed by atoms with van der Waals surface area (Å²) in [6, 6.07) is 8.26. The fourth-order valence-corrected chi connectivity index (χ4v) is 2.17. The summed E-state index contributed by atoms with van der Waals surface area (Å²) in [6.07, 6.45) is 0. The zero-order valence-electron chi connectivity index (χ0n) is 10.2. The van der Waals surface area contributed by atoms with Crippen LogP contribution in [-0.2, 0) is 0 Å². The first kappa shape index (κ1) is 10.5. The van der Waals surface area contributed by atoms with E-state index in [1.807, 2.05) is 19.1 Å². The Morgan fingerprint density at radius 3 is 2.76 bits per heavy atom. The van der Waals surface area contributed by atoms with E-state index < -0.39 is 0 Å². The van der Waals surface area contributed by atoms with Crippen LogP contribution in [-0.4, -0.2) is 18.1 Å². The van der Waals surface area contributed by atoms with Crippen LogP contribution in [0.4, 0.5) is 0 Å². The summed E-state index contributed by atoms with van der Waals surface area (Å²) < 4.78 is 5.77. The Bertz CT molecular complexity index is 541. The fourth-order valence-electron chi connectivity index (χ4n) is 2.17. The van der Waals surface area contributed by atoms with E-state index in [0.717, 1.165) is 36.0 Å². The lowest BCUT2D eigenvalue weighted by Crippen LogP contribution is -2.40. The third kappa shape index (κ3) is 1.87. The molecule has 1 aromatic heterocycles. The molecule has 1 saturated heterocycles. The monoisotopic (exact) mass is 228 g/mol. The lowest BCUT2D eigenvalue weighted by Gasteiger charge is -2.25. The molecule has 1 fully saturated rings. The molecule has 0 spiro atoms. The molecule has 0 amide bonds. The third-order valence-corrected chi connectivity index (χ3v) is 3.27. The minimum atomic E-state index is 0.525. The lowest BCUT2D eigenvalue weighted by molar-refractivity contribution is 0.433. The van der Waals surface area contributed by atoms with Crippen molar-refractivity contribution >= 4 is 0 Å². The van der Waals surface area contributed by atoms with Crippen molar-refractivity contribution in [1.82, 2.24) is 10.3 Å². The number of oxazole rings is 1. The first-order chi connectivity index (χ1) is 8.24. The Balaban J connectivity index is 1.98. The maximum atomic E-state index is 5.77. The predicted molar refractivity (Wildman–Crippen MR) is 67.0 cm³/mol. The molecule has 0 radical (unpaired) electrons. The Labute approximate surface area is 101 Å². The van der Waals surface area contributed by atoms with Gasteiger partial charge in [-0.25, -0.2) is 4.98 Å². The Hall–Kier alpha value is -1.61. The van der Waals surface area contributed by atoms with Crippen LogP contribution in [0.15, 0.2) is 28.7 Å². The minimum absolute atomic E-state index is 0.525. The molecule has 0 bridgehead atoms. The van der Waals surface area contributed by atoms with E-state index in [-0.39, 0.29) is 0 Å². The summed E-state index contributed by atoms with van der Waals surface area (Å²) in [5.74, 6) is 2.22. The second-order valence-electron chi connectivity index (χ2n) is 4.69. The highest BCUT2D eigenvalue weighted by atomic mass is 16.4. The van der Waals surface area contributed by atoms with Gasteiger partial charge in [-0.2, -0.15) is 0 Å². The second-order valence-corrected chi connectivity index (χ2v) is 4.69. The van der Waals surface area contributed by atoms with E-state index in [1.54, 1.807) is 0 Å². The first-order valence-electron chi connectivity index (χ1n) is 5.99. The average Bonchev–Trinajstić information content (AvgIpc) is 2.59. The van der Waals surface area contributed by atoms with Crippen LogP contribution >= 0.6 is 0 Å². The van der Waals surface area contributed by atoms with Crippen LogP contribution < -0.4 is 5.32 Å². The summed E-state index contributed by atoms with van der Waals surface area (Å²) in [4.78, 5) is 4.64. The molecule has 17 heavy (non-hydrogen) atoms. The standard InChI is InChI=1S/C14H16N2O/c1-9-4-3-5-11(6-9)14-16-13(10(2)17-14)12-7-15-8-12/h3-6,12,15H,7-8H2,1-2H3. The van der Waals surface area contributed by atoms with Gasteiger partial charge in [-0.15, -0.1) is 0 Å². The maximum absolute atomic E-state index is 5.77. The molecule has 0 saturated carbocycles. The Morgan fingerprint density at radius 2 is 2.12 bits per heavy atom. The molecule has 1 aliphatic heterocycles. The van der Waals surface area contributed by atoms with E-state index in [4.69, 9.17) is 4.42 Å². The van der Waals surface area contributed by atoms with Gasteiger partial charge in [0, 0.05) is 24.6 Å². The van der Waals surface area contributed by atoms with Gasteiger partial charge in [-0.1, -0.05) is 17.7 Å². The van der Waals surface area contributed by atoms with Gasteiger partial charge >= 0.3 is 0 Å². The third-order valence-electron chi connectivity index (χ3n) is 3.27. The van der Waals surface area contributed by atoms with Gasteiger partial charge in [-0.3, -0.25) is 0 Å².